The topological polar surface area (TPSA) is 0 Å². The van der Waals surface area contributed by atoms with Gasteiger partial charge in [0, 0.05) is 9.50 Å². The van der Waals surface area contributed by atoms with E-state index in [1.54, 1.807) is 0 Å². The Bertz CT molecular complexity index is 245. The van der Waals surface area contributed by atoms with Crippen molar-refractivity contribution in [3.05, 3.63) is 33.3 Å². The Labute approximate surface area is 80.7 Å². The van der Waals surface area contributed by atoms with Crippen molar-refractivity contribution in [2.75, 3.05) is 0 Å². The average molecular weight is 234 g/mol. The van der Waals surface area contributed by atoms with Crippen molar-refractivity contribution < 1.29 is 0 Å². The molecule has 0 aromatic heterocycles. The van der Waals surface area contributed by atoms with Crippen LogP contribution in [-0.4, -0.2) is 0 Å². The molecule has 0 aliphatic carbocycles. The number of rotatable bonds is 2. The first-order valence-corrected chi connectivity index (χ1v) is 4.85. The summed E-state index contributed by atoms with van der Waals surface area (Å²) in [5.41, 5.74) is 1.29. The highest BCUT2D eigenvalue weighted by Gasteiger charge is 1.98. The zero-order valence-corrected chi connectivity index (χ0v) is 8.74. The highest BCUT2D eigenvalue weighted by atomic mass is 79.9. The molecular formula is C9H10BrCl. The molecule has 1 aromatic carbocycles. The minimum Gasteiger partial charge on any atom is -0.0843 e. The zero-order chi connectivity index (χ0) is 8.27. The summed E-state index contributed by atoms with van der Waals surface area (Å²) in [6, 6.07) is 5.90. The molecule has 0 unspecified atom stereocenters. The number of halogens is 2. The molecule has 2 heteroatoms. The Hall–Kier alpha value is -0.0100. The summed E-state index contributed by atoms with van der Waals surface area (Å²) in [5.74, 6) is 0. The van der Waals surface area contributed by atoms with Crippen LogP contribution in [0.25, 0.3) is 0 Å². The lowest BCUT2D eigenvalue weighted by Crippen LogP contribution is -1.84. The zero-order valence-electron chi connectivity index (χ0n) is 6.40. The van der Waals surface area contributed by atoms with E-state index in [-0.39, 0.29) is 0 Å². The Morgan fingerprint density at radius 1 is 1.45 bits per heavy atom. The third-order valence-corrected chi connectivity index (χ3v) is 2.54. The maximum absolute atomic E-state index is 5.83. The van der Waals surface area contributed by atoms with Gasteiger partial charge in [-0.25, -0.2) is 0 Å². The van der Waals surface area contributed by atoms with E-state index >= 15 is 0 Å². The van der Waals surface area contributed by atoms with Crippen LogP contribution in [0.2, 0.25) is 5.02 Å². The van der Waals surface area contributed by atoms with Crippen LogP contribution >= 0.6 is 27.5 Å². The molecular weight excluding hydrogens is 223 g/mol. The first-order chi connectivity index (χ1) is 5.24. The fraction of sp³-hybridized carbons (Fsp3) is 0.333. The fourth-order valence-electron chi connectivity index (χ4n) is 1.00. The lowest BCUT2D eigenvalue weighted by molar-refractivity contribution is 0.917. The molecule has 0 atom stereocenters. The first-order valence-electron chi connectivity index (χ1n) is 3.68. The summed E-state index contributed by atoms with van der Waals surface area (Å²) < 4.78 is 1.16. The number of hydrogen-bond acceptors (Lipinski definition) is 0. The van der Waals surface area contributed by atoms with Gasteiger partial charge >= 0.3 is 0 Å². The van der Waals surface area contributed by atoms with Gasteiger partial charge in [0.1, 0.15) is 0 Å². The van der Waals surface area contributed by atoms with Crippen LogP contribution < -0.4 is 0 Å². The SMILES string of the molecule is CCCc1cc(Cl)ccc1Br. The highest BCUT2D eigenvalue weighted by molar-refractivity contribution is 9.10. The lowest BCUT2D eigenvalue weighted by atomic mass is 10.1. The maximum atomic E-state index is 5.83. The van der Waals surface area contributed by atoms with Crippen LogP contribution in [0.15, 0.2) is 22.7 Å². The first kappa shape index (κ1) is 9.08. The average Bonchev–Trinajstić information content (AvgIpc) is 1.98. The van der Waals surface area contributed by atoms with Crippen LogP contribution in [-0.2, 0) is 6.42 Å². The number of aryl methyl sites for hydroxylation is 1. The summed E-state index contributed by atoms with van der Waals surface area (Å²) in [7, 11) is 0. The predicted molar refractivity (Wildman–Crippen MR) is 53.1 cm³/mol. The van der Waals surface area contributed by atoms with E-state index in [9.17, 15) is 0 Å². The van der Waals surface area contributed by atoms with Gasteiger partial charge in [-0.2, -0.15) is 0 Å². The van der Waals surface area contributed by atoms with Gasteiger partial charge in [0.25, 0.3) is 0 Å². The van der Waals surface area contributed by atoms with Gasteiger partial charge in [-0.3, -0.25) is 0 Å². The van der Waals surface area contributed by atoms with Gasteiger partial charge in [0.2, 0.25) is 0 Å². The molecule has 0 aliphatic rings. The Kier molecular flexibility index (Phi) is 3.41. The van der Waals surface area contributed by atoms with E-state index < -0.39 is 0 Å². The second-order valence-electron chi connectivity index (χ2n) is 2.49. The predicted octanol–water partition coefficient (Wildman–Crippen LogP) is 4.06. The van der Waals surface area contributed by atoms with Crippen LogP contribution in [0.4, 0.5) is 0 Å². The fourth-order valence-corrected chi connectivity index (χ4v) is 1.64. The largest absolute Gasteiger partial charge is 0.0843 e. The minimum absolute atomic E-state index is 0.816. The number of hydrogen-bond donors (Lipinski definition) is 0. The molecule has 1 aromatic rings. The Balaban J connectivity index is 2.93. The molecule has 0 amide bonds. The molecule has 0 aliphatic heterocycles. The summed E-state index contributed by atoms with van der Waals surface area (Å²) in [4.78, 5) is 0. The number of benzene rings is 1. The summed E-state index contributed by atoms with van der Waals surface area (Å²) >= 11 is 9.30. The highest BCUT2D eigenvalue weighted by Crippen LogP contribution is 2.21. The molecule has 0 fully saturated rings. The molecule has 0 nitrogen and oxygen atoms in total. The van der Waals surface area contributed by atoms with Gasteiger partial charge in [-0.05, 0) is 30.2 Å². The van der Waals surface area contributed by atoms with E-state index in [4.69, 9.17) is 11.6 Å². The quantitative estimate of drug-likeness (QED) is 0.723. The molecule has 0 radical (unpaired) electrons. The second-order valence-corrected chi connectivity index (χ2v) is 3.78. The van der Waals surface area contributed by atoms with Gasteiger partial charge < -0.3 is 0 Å². The van der Waals surface area contributed by atoms with Crippen molar-refractivity contribution in [3.8, 4) is 0 Å². The van der Waals surface area contributed by atoms with Crippen molar-refractivity contribution in [3.63, 3.8) is 0 Å². The second kappa shape index (κ2) is 4.13. The molecule has 1 rings (SSSR count). The van der Waals surface area contributed by atoms with E-state index in [0.29, 0.717) is 0 Å². The third kappa shape index (κ3) is 2.49. The Morgan fingerprint density at radius 3 is 2.82 bits per heavy atom. The maximum Gasteiger partial charge on any atom is 0.0409 e. The van der Waals surface area contributed by atoms with Crippen molar-refractivity contribution >= 4 is 27.5 Å². The van der Waals surface area contributed by atoms with Crippen LogP contribution in [0.3, 0.4) is 0 Å². The summed E-state index contributed by atoms with van der Waals surface area (Å²) in [6.45, 7) is 2.16. The van der Waals surface area contributed by atoms with E-state index in [1.807, 2.05) is 18.2 Å². The van der Waals surface area contributed by atoms with Gasteiger partial charge in [0.15, 0.2) is 0 Å². The van der Waals surface area contributed by atoms with Gasteiger partial charge in [-0.1, -0.05) is 40.9 Å². The van der Waals surface area contributed by atoms with Crippen LogP contribution in [0.5, 0.6) is 0 Å². The smallest absolute Gasteiger partial charge is 0.0409 e. The third-order valence-electron chi connectivity index (χ3n) is 1.53. The van der Waals surface area contributed by atoms with Gasteiger partial charge in [-0.15, -0.1) is 0 Å². The molecule has 60 valence electrons. The molecule has 0 spiro atoms. The van der Waals surface area contributed by atoms with Crippen molar-refractivity contribution in [1.82, 2.24) is 0 Å². The normalized spacial score (nSPS) is 10.1. The molecule has 11 heavy (non-hydrogen) atoms. The lowest BCUT2D eigenvalue weighted by Gasteiger charge is -2.01. The molecule has 0 saturated heterocycles. The van der Waals surface area contributed by atoms with E-state index in [1.165, 1.54) is 5.56 Å². The van der Waals surface area contributed by atoms with Crippen molar-refractivity contribution in [1.29, 1.82) is 0 Å². The molecule has 0 saturated carbocycles. The molecule has 0 heterocycles. The van der Waals surface area contributed by atoms with Crippen LogP contribution in [0.1, 0.15) is 18.9 Å². The van der Waals surface area contributed by atoms with Crippen molar-refractivity contribution in [2.24, 2.45) is 0 Å². The summed E-state index contributed by atoms with van der Waals surface area (Å²) in [6.07, 6.45) is 2.24. The monoisotopic (exact) mass is 232 g/mol. The van der Waals surface area contributed by atoms with E-state index in [2.05, 4.69) is 22.9 Å². The Morgan fingerprint density at radius 2 is 2.18 bits per heavy atom. The summed E-state index contributed by atoms with van der Waals surface area (Å²) in [5, 5.41) is 0.816. The molecule has 0 bridgehead atoms. The van der Waals surface area contributed by atoms with Gasteiger partial charge in [0.05, 0.1) is 0 Å². The van der Waals surface area contributed by atoms with Crippen molar-refractivity contribution in [2.45, 2.75) is 19.8 Å². The van der Waals surface area contributed by atoms with E-state index in [0.717, 1.165) is 22.3 Å². The standard InChI is InChI=1S/C9H10BrCl/c1-2-3-7-6-8(11)4-5-9(7)10/h4-6H,2-3H2,1H3. The van der Waals surface area contributed by atoms with Crippen LogP contribution in [0, 0.1) is 0 Å². The molecule has 0 N–H and O–H groups in total. The minimum atomic E-state index is 0.816.